The van der Waals surface area contributed by atoms with Gasteiger partial charge in [-0.2, -0.15) is 0 Å². The van der Waals surface area contributed by atoms with E-state index in [1.807, 2.05) is 0 Å². The first kappa shape index (κ1) is 35.8. The molecular formula is C39H57FN4O2. The normalized spacial score (nSPS) is 27.4. The molecule has 4 rings (SSSR count). The number of aliphatic hydroxyl groups is 1. The Morgan fingerprint density at radius 3 is 2.30 bits per heavy atom. The van der Waals surface area contributed by atoms with Gasteiger partial charge in [0.1, 0.15) is 11.5 Å². The van der Waals surface area contributed by atoms with Crippen LogP contribution in [0.4, 0.5) is 4.39 Å². The van der Waals surface area contributed by atoms with Gasteiger partial charge in [0.25, 0.3) is 0 Å². The number of oxime groups is 1. The van der Waals surface area contributed by atoms with E-state index in [9.17, 15) is 9.50 Å². The van der Waals surface area contributed by atoms with Gasteiger partial charge in [0.05, 0.1) is 23.2 Å². The summed E-state index contributed by atoms with van der Waals surface area (Å²) in [7, 11) is 0. The lowest BCUT2D eigenvalue weighted by Crippen LogP contribution is -2.59. The van der Waals surface area contributed by atoms with Crippen LogP contribution >= 0.6 is 0 Å². The van der Waals surface area contributed by atoms with E-state index in [1.165, 1.54) is 28.9 Å². The lowest BCUT2D eigenvalue weighted by atomic mass is 9.44. The van der Waals surface area contributed by atoms with E-state index in [4.69, 9.17) is 4.84 Å². The molecule has 0 unspecified atom stereocenters. The average Bonchev–Trinajstić information content (AvgIpc) is 3.44. The van der Waals surface area contributed by atoms with Gasteiger partial charge < -0.3 is 9.94 Å². The molecule has 7 heteroatoms. The molecule has 1 aromatic heterocycles. The zero-order chi connectivity index (χ0) is 33.5. The van der Waals surface area contributed by atoms with Gasteiger partial charge >= 0.3 is 0 Å². The summed E-state index contributed by atoms with van der Waals surface area (Å²) in [6.45, 7) is 18.1. The van der Waals surface area contributed by atoms with Crippen molar-refractivity contribution in [3.63, 3.8) is 0 Å². The van der Waals surface area contributed by atoms with Crippen LogP contribution in [-0.2, 0) is 11.4 Å². The first-order chi connectivity index (χ1) is 21.7. The second kappa shape index (κ2) is 15.2. The van der Waals surface area contributed by atoms with Crippen molar-refractivity contribution in [1.82, 2.24) is 15.0 Å². The summed E-state index contributed by atoms with van der Waals surface area (Å²) in [5, 5.41) is 24.7. The van der Waals surface area contributed by atoms with Gasteiger partial charge in [-0.25, -0.2) is 9.07 Å². The second-order valence-corrected chi connectivity index (χ2v) is 15.2. The van der Waals surface area contributed by atoms with E-state index < -0.39 is 5.60 Å². The highest BCUT2D eigenvalue weighted by Crippen LogP contribution is 2.62. The lowest BCUT2D eigenvalue weighted by Gasteiger charge is -2.61. The molecule has 1 aromatic carbocycles. The molecule has 2 aliphatic rings. The van der Waals surface area contributed by atoms with E-state index in [1.54, 1.807) is 23.0 Å². The molecule has 0 amide bonds. The second-order valence-electron chi connectivity index (χ2n) is 15.2. The highest BCUT2D eigenvalue weighted by atomic mass is 19.1. The maximum atomic E-state index is 13.3. The van der Waals surface area contributed by atoms with Crippen molar-refractivity contribution in [2.24, 2.45) is 27.8 Å². The molecular weight excluding hydrogens is 575 g/mol. The molecule has 2 aromatic rings. The zero-order valence-corrected chi connectivity index (χ0v) is 29.6. The van der Waals surface area contributed by atoms with Gasteiger partial charge in [-0.3, -0.25) is 0 Å². The fraction of sp³-hybridized carbons (Fsp3) is 0.615. The highest BCUT2D eigenvalue weighted by Gasteiger charge is 2.59. The summed E-state index contributed by atoms with van der Waals surface area (Å²) in [5.74, 6) is 0.346. The van der Waals surface area contributed by atoms with Gasteiger partial charge in [0.2, 0.25) is 0 Å². The fourth-order valence-corrected chi connectivity index (χ4v) is 8.24. The molecule has 46 heavy (non-hydrogen) atoms. The van der Waals surface area contributed by atoms with E-state index in [-0.39, 0.29) is 29.2 Å². The number of rotatable bonds is 13. The molecule has 252 valence electrons. The number of hydrogen-bond acceptors (Lipinski definition) is 5. The van der Waals surface area contributed by atoms with Gasteiger partial charge in [-0.05, 0) is 140 Å². The Morgan fingerprint density at radius 2 is 1.63 bits per heavy atom. The van der Waals surface area contributed by atoms with Crippen LogP contribution in [0.3, 0.4) is 0 Å². The van der Waals surface area contributed by atoms with Crippen molar-refractivity contribution in [2.75, 3.05) is 0 Å². The molecule has 0 saturated heterocycles. The minimum atomic E-state index is -0.671. The quantitative estimate of drug-likeness (QED) is 0.176. The first-order valence-corrected chi connectivity index (χ1v) is 17.3. The third-order valence-electron chi connectivity index (χ3n) is 10.9. The number of fused-ring (bicyclic) bond motifs is 1. The van der Waals surface area contributed by atoms with E-state index in [0.29, 0.717) is 11.6 Å². The summed E-state index contributed by atoms with van der Waals surface area (Å²) >= 11 is 0. The molecule has 0 aliphatic heterocycles. The molecule has 1 heterocycles. The number of hydrogen-bond donors (Lipinski definition) is 1. The summed E-state index contributed by atoms with van der Waals surface area (Å²) in [4.78, 5) is 5.86. The average molecular weight is 633 g/mol. The molecule has 1 N–H and O–H groups in total. The van der Waals surface area contributed by atoms with Gasteiger partial charge in [-0.1, -0.05) is 66.1 Å². The summed E-state index contributed by atoms with van der Waals surface area (Å²) in [6.07, 6.45) is 19.0. The topological polar surface area (TPSA) is 72.5 Å². The Labute approximate surface area is 276 Å². The van der Waals surface area contributed by atoms with Crippen LogP contribution in [0.15, 0.2) is 70.6 Å². The standard InChI is InChI=1S/C39H57FN4O2/c1-28(2)12-9-13-29(3)14-10-15-30(4)16-11-17-35-38(7)24-23-36(37(5,6)34(38)22-25-39(35,8)45)42-46-27-32-26-44(43-41-32)33-20-18-31(40)19-21-33/h12,14,16,18-21,26,34-35,45H,9-11,13,15,17,22-25,27H2,1-8H3/b29-14+,30-16+,42-36+/t34-,35+,38-,39+/m0/s1. The fourth-order valence-electron chi connectivity index (χ4n) is 8.24. The Kier molecular flexibility index (Phi) is 11.8. The minimum Gasteiger partial charge on any atom is -0.390 e. The largest absolute Gasteiger partial charge is 0.390 e. The van der Waals surface area contributed by atoms with Gasteiger partial charge in [0.15, 0.2) is 6.61 Å². The molecule has 2 aliphatic carbocycles. The third-order valence-corrected chi connectivity index (χ3v) is 10.9. The van der Waals surface area contributed by atoms with E-state index >= 15 is 0 Å². The number of halogens is 1. The van der Waals surface area contributed by atoms with Gasteiger partial charge in [0, 0.05) is 5.41 Å². The van der Waals surface area contributed by atoms with Crippen LogP contribution in [-0.4, -0.2) is 31.4 Å². The Balaban J connectivity index is 1.34. The predicted octanol–water partition coefficient (Wildman–Crippen LogP) is 10.1. The molecule has 0 bridgehead atoms. The molecule has 2 saturated carbocycles. The smallest absolute Gasteiger partial charge is 0.162 e. The van der Waals surface area contributed by atoms with Crippen molar-refractivity contribution < 1.29 is 14.3 Å². The number of benzene rings is 1. The van der Waals surface area contributed by atoms with E-state index in [0.717, 1.165) is 75.6 Å². The highest BCUT2D eigenvalue weighted by molar-refractivity contribution is 5.90. The van der Waals surface area contributed by atoms with Crippen molar-refractivity contribution in [2.45, 2.75) is 132 Å². The third kappa shape index (κ3) is 8.84. The van der Waals surface area contributed by atoms with Crippen LogP contribution in [0.25, 0.3) is 5.69 Å². The van der Waals surface area contributed by atoms with E-state index in [2.05, 4.69) is 89.1 Å². The predicted molar refractivity (Wildman–Crippen MR) is 186 cm³/mol. The lowest BCUT2D eigenvalue weighted by molar-refractivity contribution is -0.150. The van der Waals surface area contributed by atoms with Crippen molar-refractivity contribution >= 4 is 5.71 Å². The van der Waals surface area contributed by atoms with Crippen LogP contribution in [0.5, 0.6) is 0 Å². The number of nitrogens with zero attached hydrogens (tertiary/aromatic N) is 4. The molecule has 0 spiro atoms. The monoisotopic (exact) mass is 632 g/mol. The zero-order valence-electron chi connectivity index (χ0n) is 29.6. The Hall–Kier alpha value is -3.06. The molecule has 6 nitrogen and oxygen atoms in total. The molecule has 4 atom stereocenters. The molecule has 0 radical (unpaired) electrons. The van der Waals surface area contributed by atoms with Crippen molar-refractivity contribution in [1.29, 1.82) is 0 Å². The van der Waals surface area contributed by atoms with Crippen LogP contribution in [0.2, 0.25) is 0 Å². The van der Waals surface area contributed by atoms with Crippen molar-refractivity contribution in [3.05, 3.63) is 76.9 Å². The molecule has 2 fully saturated rings. The van der Waals surface area contributed by atoms with Crippen molar-refractivity contribution in [3.8, 4) is 5.69 Å². The van der Waals surface area contributed by atoms with Gasteiger partial charge in [-0.15, -0.1) is 5.10 Å². The van der Waals surface area contributed by atoms with Crippen LogP contribution in [0, 0.1) is 28.5 Å². The number of allylic oxidation sites excluding steroid dienone is 6. The minimum absolute atomic E-state index is 0.0228. The summed E-state index contributed by atoms with van der Waals surface area (Å²) < 4.78 is 14.9. The maximum Gasteiger partial charge on any atom is 0.162 e. The van der Waals surface area contributed by atoms with Crippen LogP contribution in [0.1, 0.15) is 125 Å². The SMILES string of the molecule is CC(C)=CCC/C(C)=C/CC/C(C)=C/CC[C@@H]1[C@@]2(C)CC/C(=N\OCc3cn(-c4ccc(F)cc4)nn3)C(C)(C)[C@@H]2CC[C@@]1(C)O. The number of aromatic nitrogens is 3. The van der Waals surface area contributed by atoms with Crippen LogP contribution < -0.4 is 0 Å². The summed E-state index contributed by atoms with van der Waals surface area (Å²) in [6, 6.07) is 6.13. The maximum absolute atomic E-state index is 13.3. The first-order valence-electron chi connectivity index (χ1n) is 17.3. The summed E-state index contributed by atoms with van der Waals surface area (Å²) in [5.41, 5.74) is 6.00. The Morgan fingerprint density at radius 1 is 0.978 bits per heavy atom. The Bertz CT molecular complexity index is 1430.